The normalized spacial score (nSPS) is 9.90. The molecule has 0 atom stereocenters. The highest BCUT2D eigenvalue weighted by atomic mass is 127. The van der Waals surface area contributed by atoms with Crippen LogP contribution in [-0.2, 0) is 0 Å². The van der Waals surface area contributed by atoms with Crippen LogP contribution < -0.4 is 0 Å². The summed E-state index contributed by atoms with van der Waals surface area (Å²) in [7, 11) is 0. The van der Waals surface area contributed by atoms with Crippen LogP contribution in [0, 0.1) is 7.14 Å². The number of rotatable bonds is 0. The van der Waals surface area contributed by atoms with Crippen LogP contribution in [-0.4, -0.2) is 5.11 Å². The summed E-state index contributed by atoms with van der Waals surface area (Å²) in [4.78, 5) is 0. The van der Waals surface area contributed by atoms with Crippen LogP contribution in [0.5, 0.6) is 5.75 Å². The lowest BCUT2D eigenvalue weighted by Gasteiger charge is -1.99. The highest BCUT2D eigenvalue weighted by Crippen LogP contribution is 2.29. The smallest absolute Gasteiger partial charge is 0.142 e. The van der Waals surface area contributed by atoms with Crippen molar-refractivity contribution in [2.24, 2.45) is 0 Å². The van der Waals surface area contributed by atoms with Crippen LogP contribution in [0.3, 0.4) is 0 Å². The van der Waals surface area contributed by atoms with Crippen LogP contribution in [0.4, 0.5) is 0 Å². The largest absolute Gasteiger partial charge is 0.506 e. The van der Waals surface area contributed by atoms with Crippen molar-refractivity contribution < 1.29 is 5.11 Å². The summed E-state index contributed by atoms with van der Waals surface area (Å²) in [6, 6.07) is 3.75. The third-order valence-corrected chi connectivity index (χ3v) is 3.08. The van der Waals surface area contributed by atoms with Crippen molar-refractivity contribution in [3.63, 3.8) is 0 Å². The van der Waals surface area contributed by atoms with Gasteiger partial charge in [0.2, 0.25) is 0 Å². The van der Waals surface area contributed by atoms with Gasteiger partial charge in [0.15, 0.2) is 0 Å². The van der Waals surface area contributed by atoms with Gasteiger partial charge in [0.05, 0.1) is 7.14 Å². The van der Waals surface area contributed by atoms with Gasteiger partial charge in [-0.2, -0.15) is 0 Å². The molecule has 0 radical (unpaired) electrons. The van der Waals surface area contributed by atoms with E-state index in [9.17, 15) is 5.11 Å². The topological polar surface area (TPSA) is 20.2 Å². The lowest BCUT2D eigenvalue weighted by Crippen LogP contribution is -1.78. The molecular weight excluding hydrogens is 422 g/mol. The van der Waals surface area contributed by atoms with Gasteiger partial charge >= 0.3 is 0 Å². The fourth-order valence-electron chi connectivity index (χ4n) is 0.535. The Bertz CT molecular complexity index is 239. The maximum absolute atomic E-state index is 9.29. The molecule has 1 nitrogen and oxygen atoms in total. The molecule has 0 spiro atoms. The van der Waals surface area contributed by atoms with Crippen LogP contribution in [0.1, 0.15) is 0 Å². The molecule has 10 heavy (non-hydrogen) atoms. The van der Waals surface area contributed by atoms with Crippen LogP contribution >= 0.6 is 61.1 Å². The summed E-state index contributed by atoms with van der Waals surface area (Å²) < 4.78 is 2.74. The van der Waals surface area contributed by atoms with Crippen molar-refractivity contribution in [2.45, 2.75) is 0 Å². The molecule has 0 heterocycles. The lowest BCUT2D eigenvalue weighted by molar-refractivity contribution is 0.467. The van der Waals surface area contributed by atoms with Gasteiger partial charge in [-0.15, -0.1) is 0 Å². The fraction of sp³-hybridized carbons (Fsp3) is 0. The van der Waals surface area contributed by atoms with E-state index in [1.54, 1.807) is 0 Å². The summed E-state index contributed by atoms with van der Waals surface area (Å²) in [6.45, 7) is 0. The molecular formula is C6H3BrI2O. The minimum absolute atomic E-state index is 0.365. The molecule has 1 N–H and O–H groups in total. The summed E-state index contributed by atoms with van der Waals surface area (Å²) in [5, 5.41) is 9.29. The number of hydrogen-bond acceptors (Lipinski definition) is 1. The number of aromatic hydroxyl groups is 1. The molecule has 0 bridgehead atoms. The molecule has 54 valence electrons. The number of benzene rings is 1. The number of halogens is 3. The van der Waals surface area contributed by atoms with E-state index < -0.39 is 0 Å². The molecule has 0 saturated carbocycles. The molecule has 1 aromatic rings. The first-order valence-electron chi connectivity index (χ1n) is 2.45. The van der Waals surface area contributed by atoms with Gasteiger partial charge < -0.3 is 5.11 Å². The molecule has 0 aliphatic rings. The first-order valence-corrected chi connectivity index (χ1v) is 5.40. The second-order valence-corrected chi connectivity index (χ2v) is 4.96. The molecule has 1 aromatic carbocycles. The molecule has 0 saturated heterocycles. The van der Waals surface area contributed by atoms with Crippen molar-refractivity contribution in [3.05, 3.63) is 23.7 Å². The van der Waals surface area contributed by atoms with Gasteiger partial charge in [0.1, 0.15) is 5.75 Å². The standard InChI is InChI=1S/C6H3BrI2O/c7-3-1-4(8)6(10)5(9)2-3/h1-2,10H. The Morgan fingerprint density at radius 1 is 1.20 bits per heavy atom. The van der Waals surface area contributed by atoms with E-state index in [2.05, 4.69) is 61.1 Å². The highest BCUT2D eigenvalue weighted by Gasteiger charge is 2.02. The third kappa shape index (κ3) is 1.97. The Hall–Kier alpha value is 0.960. The van der Waals surface area contributed by atoms with Crippen LogP contribution in [0.15, 0.2) is 16.6 Å². The van der Waals surface area contributed by atoms with E-state index in [4.69, 9.17) is 0 Å². The van der Waals surface area contributed by atoms with Crippen molar-refractivity contribution >= 4 is 61.1 Å². The first kappa shape index (κ1) is 9.05. The quantitative estimate of drug-likeness (QED) is 0.633. The minimum atomic E-state index is 0.365. The summed E-state index contributed by atoms with van der Waals surface area (Å²) in [6.07, 6.45) is 0. The number of hydrogen-bond donors (Lipinski definition) is 1. The Labute approximate surface area is 94.6 Å². The van der Waals surface area contributed by atoms with E-state index in [1.807, 2.05) is 12.1 Å². The van der Waals surface area contributed by atoms with Crippen LogP contribution in [0.25, 0.3) is 0 Å². The Morgan fingerprint density at radius 3 is 2.00 bits per heavy atom. The van der Waals surface area contributed by atoms with E-state index in [-0.39, 0.29) is 0 Å². The zero-order chi connectivity index (χ0) is 7.72. The number of phenols is 1. The summed E-state index contributed by atoms with van der Waals surface area (Å²) >= 11 is 7.51. The maximum atomic E-state index is 9.29. The average molecular weight is 425 g/mol. The average Bonchev–Trinajstić information content (AvgIpc) is 1.82. The monoisotopic (exact) mass is 424 g/mol. The fourth-order valence-corrected chi connectivity index (χ4v) is 3.62. The molecule has 0 unspecified atom stereocenters. The summed E-state index contributed by atoms with van der Waals surface area (Å²) in [5.74, 6) is 0.365. The van der Waals surface area contributed by atoms with Gasteiger partial charge in [-0.05, 0) is 57.3 Å². The molecule has 0 amide bonds. The third-order valence-electron chi connectivity index (χ3n) is 0.982. The van der Waals surface area contributed by atoms with Crippen LogP contribution in [0.2, 0.25) is 0 Å². The predicted octanol–water partition coefficient (Wildman–Crippen LogP) is 3.36. The van der Waals surface area contributed by atoms with E-state index in [1.165, 1.54) is 0 Å². The molecule has 0 aliphatic carbocycles. The predicted molar refractivity (Wildman–Crippen MR) is 61.2 cm³/mol. The SMILES string of the molecule is Oc1c(I)cc(Br)cc1I. The number of phenolic OH excluding ortho intramolecular Hbond substituents is 1. The van der Waals surface area contributed by atoms with Gasteiger partial charge in [0.25, 0.3) is 0 Å². The van der Waals surface area contributed by atoms with Gasteiger partial charge in [-0.1, -0.05) is 15.9 Å². The van der Waals surface area contributed by atoms with E-state index in [0.29, 0.717) is 5.75 Å². The molecule has 0 aromatic heterocycles. The zero-order valence-corrected chi connectivity index (χ0v) is 10.6. The molecule has 1 rings (SSSR count). The highest BCUT2D eigenvalue weighted by molar-refractivity contribution is 14.1. The Kier molecular flexibility index (Phi) is 3.23. The van der Waals surface area contributed by atoms with Gasteiger partial charge in [-0.3, -0.25) is 0 Å². The molecule has 0 aliphatic heterocycles. The Morgan fingerprint density at radius 2 is 1.60 bits per heavy atom. The van der Waals surface area contributed by atoms with Crippen molar-refractivity contribution in [3.8, 4) is 5.75 Å². The summed E-state index contributed by atoms with van der Waals surface area (Å²) in [5.41, 5.74) is 0. The van der Waals surface area contributed by atoms with E-state index in [0.717, 1.165) is 11.6 Å². The maximum Gasteiger partial charge on any atom is 0.142 e. The zero-order valence-electron chi connectivity index (χ0n) is 4.74. The molecule has 4 heteroatoms. The van der Waals surface area contributed by atoms with Gasteiger partial charge in [0, 0.05) is 4.47 Å². The molecule has 0 fully saturated rings. The van der Waals surface area contributed by atoms with Gasteiger partial charge in [-0.25, -0.2) is 0 Å². The minimum Gasteiger partial charge on any atom is -0.506 e. The Balaban J connectivity index is 3.31. The van der Waals surface area contributed by atoms with Crippen molar-refractivity contribution in [1.82, 2.24) is 0 Å². The van der Waals surface area contributed by atoms with Crippen molar-refractivity contribution in [2.75, 3.05) is 0 Å². The lowest BCUT2D eigenvalue weighted by atomic mass is 10.3. The van der Waals surface area contributed by atoms with Crippen molar-refractivity contribution in [1.29, 1.82) is 0 Å². The first-order chi connectivity index (χ1) is 4.61. The second kappa shape index (κ2) is 3.57. The van der Waals surface area contributed by atoms with E-state index >= 15 is 0 Å². The second-order valence-electron chi connectivity index (χ2n) is 1.72.